The van der Waals surface area contributed by atoms with Crippen molar-refractivity contribution in [2.45, 2.75) is 20.3 Å². The lowest BCUT2D eigenvalue weighted by Crippen LogP contribution is -2.29. The summed E-state index contributed by atoms with van der Waals surface area (Å²) in [7, 11) is 0. The summed E-state index contributed by atoms with van der Waals surface area (Å²) in [6, 6.07) is 13.4. The number of benzene rings is 2. The van der Waals surface area contributed by atoms with Crippen LogP contribution in [0, 0.1) is 6.92 Å². The number of rotatable bonds is 7. The first-order valence-corrected chi connectivity index (χ1v) is 8.96. The van der Waals surface area contributed by atoms with Crippen molar-refractivity contribution in [3.8, 4) is 0 Å². The first-order valence-electron chi connectivity index (χ1n) is 8.96. The number of carbonyl (C=O) groups excluding carboxylic acids is 2. The zero-order chi connectivity index (χ0) is 19.2. The molecule has 0 radical (unpaired) electrons. The Balaban J connectivity index is 1.44. The number of carbonyl (C=O) groups is 2. The van der Waals surface area contributed by atoms with Gasteiger partial charge in [0.25, 0.3) is 0 Å². The number of hydrogen-bond acceptors (Lipinski definition) is 3. The number of H-pyrrole nitrogens is 1. The second-order valence-corrected chi connectivity index (χ2v) is 6.60. The van der Waals surface area contributed by atoms with Crippen LogP contribution in [-0.2, 0) is 16.0 Å². The van der Waals surface area contributed by atoms with Gasteiger partial charge in [0.05, 0.1) is 6.54 Å². The van der Waals surface area contributed by atoms with E-state index in [1.165, 1.54) is 23.4 Å². The molecule has 0 atom stereocenters. The third kappa shape index (κ3) is 5.18. The molecule has 140 valence electrons. The molecule has 3 rings (SSSR count). The Hall–Kier alpha value is -3.12. The SMILES string of the molecule is CC(=O)Nc1ccc(NC(=O)CNCCc2c[nH]c3ccc(C)cc23)cc1. The van der Waals surface area contributed by atoms with Crippen LogP contribution in [0.5, 0.6) is 0 Å². The molecule has 6 heteroatoms. The quantitative estimate of drug-likeness (QED) is 0.486. The van der Waals surface area contributed by atoms with Crippen LogP contribution in [0.15, 0.2) is 48.7 Å². The summed E-state index contributed by atoms with van der Waals surface area (Å²) in [5.74, 6) is -0.224. The molecule has 0 unspecified atom stereocenters. The average Bonchev–Trinajstić information content (AvgIpc) is 3.02. The molecular weight excluding hydrogens is 340 g/mol. The highest BCUT2D eigenvalue weighted by molar-refractivity contribution is 5.93. The fourth-order valence-electron chi connectivity index (χ4n) is 2.97. The number of aromatic amines is 1. The van der Waals surface area contributed by atoms with E-state index in [4.69, 9.17) is 0 Å². The molecule has 2 aromatic carbocycles. The van der Waals surface area contributed by atoms with E-state index in [-0.39, 0.29) is 18.4 Å². The minimum atomic E-state index is -0.124. The van der Waals surface area contributed by atoms with Gasteiger partial charge in [-0.05, 0) is 61.9 Å². The van der Waals surface area contributed by atoms with Crippen LogP contribution < -0.4 is 16.0 Å². The molecule has 2 amide bonds. The maximum absolute atomic E-state index is 12.0. The molecular formula is C21H24N4O2. The molecule has 4 N–H and O–H groups in total. The van der Waals surface area contributed by atoms with Crippen molar-refractivity contribution >= 4 is 34.1 Å². The number of hydrogen-bond donors (Lipinski definition) is 4. The maximum Gasteiger partial charge on any atom is 0.238 e. The molecule has 0 spiro atoms. The summed E-state index contributed by atoms with van der Waals surface area (Å²) in [6.45, 7) is 4.50. The summed E-state index contributed by atoms with van der Waals surface area (Å²) in [5, 5.41) is 9.94. The highest BCUT2D eigenvalue weighted by atomic mass is 16.2. The van der Waals surface area contributed by atoms with Gasteiger partial charge in [0.15, 0.2) is 0 Å². The van der Waals surface area contributed by atoms with Crippen molar-refractivity contribution in [1.29, 1.82) is 0 Å². The van der Waals surface area contributed by atoms with Gasteiger partial charge in [0.1, 0.15) is 0 Å². The molecule has 0 aliphatic carbocycles. The maximum atomic E-state index is 12.0. The van der Waals surface area contributed by atoms with Crippen LogP contribution >= 0.6 is 0 Å². The van der Waals surface area contributed by atoms with Crippen LogP contribution in [0.25, 0.3) is 10.9 Å². The molecule has 27 heavy (non-hydrogen) atoms. The lowest BCUT2D eigenvalue weighted by atomic mass is 10.1. The lowest BCUT2D eigenvalue weighted by molar-refractivity contribution is -0.115. The second kappa shape index (κ2) is 8.51. The molecule has 1 aromatic heterocycles. The Labute approximate surface area is 158 Å². The van der Waals surface area contributed by atoms with Gasteiger partial charge in [-0.25, -0.2) is 0 Å². The molecule has 0 aliphatic rings. The molecule has 0 bridgehead atoms. The van der Waals surface area contributed by atoms with Crippen molar-refractivity contribution < 1.29 is 9.59 Å². The van der Waals surface area contributed by atoms with Gasteiger partial charge in [-0.2, -0.15) is 0 Å². The van der Waals surface area contributed by atoms with Crippen molar-refractivity contribution in [2.75, 3.05) is 23.7 Å². The van der Waals surface area contributed by atoms with Gasteiger partial charge >= 0.3 is 0 Å². The minimum Gasteiger partial charge on any atom is -0.361 e. The molecule has 3 aromatic rings. The van der Waals surface area contributed by atoms with Gasteiger partial charge in [-0.3, -0.25) is 9.59 Å². The summed E-state index contributed by atoms with van der Waals surface area (Å²) in [5.41, 5.74) is 5.02. The second-order valence-electron chi connectivity index (χ2n) is 6.60. The normalized spacial score (nSPS) is 10.7. The van der Waals surface area contributed by atoms with E-state index in [1.807, 2.05) is 6.20 Å². The predicted molar refractivity (Wildman–Crippen MR) is 109 cm³/mol. The predicted octanol–water partition coefficient (Wildman–Crippen LogP) is 3.21. The number of nitrogens with one attached hydrogen (secondary N) is 4. The zero-order valence-electron chi connectivity index (χ0n) is 15.6. The molecule has 1 heterocycles. The van der Waals surface area contributed by atoms with Gasteiger partial charge in [-0.15, -0.1) is 0 Å². The zero-order valence-corrected chi connectivity index (χ0v) is 15.6. The van der Waals surface area contributed by atoms with E-state index in [0.717, 1.165) is 18.5 Å². The van der Waals surface area contributed by atoms with Gasteiger partial charge in [-0.1, -0.05) is 11.6 Å². The summed E-state index contributed by atoms with van der Waals surface area (Å²) >= 11 is 0. The van der Waals surface area contributed by atoms with Gasteiger partial charge < -0.3 is 20.9 Å². The number of aromatic nitrogens is 1. The standard InChI is InChI=1S/C21H24N4O2/c1-14-3-8-20-19(11-14)16(12-23-20)9-10-22-13-21(27)25-18-6-4-17(5-7-18)24-15(2)26/h3-8,11-12,22-23H,9-10,13H2,1-2H3,(H,24,26)(H,25,27). The third-order valence-corrected chi connectivity index (χ3v) is 4.27. The summed E-state index contributed by atoms with van der Waals surface area (Å²) in [6.07, 6.45) is 2.88. The Bertz CT molecular complexity index is 944. The fourth-order valence-corrected chi connectivity index (χ4v) is 2.97. The fraction of sp³-hybridized carbons (Fsp3) is 0.238. The highest BCUT2D eigenvalue weighted by Gasteiger charge is 2.05. The van der Waals surface area contributed by atoms with E-state index in [1.54, 1.807) is 24.3 Å². The van der Waals surface area contributed by atoms with E-state index >= 15 is 0 Å². The largest absolute Gasteiger partial charge is 0.361 e. The van der Waals surface area contributed by atoms with Crippen LogP contribution in [0.2, 0.25) is 0 Å². The smallest absolute Gasteiger partial charge is 0.238 e. The van der Waals surface area contributed by atoms with Crippen LogP contribution in [0.1, 0.15) is 18.1 Å². The summed E-state index contributed by atoms with van der Waals surface area (Å²) in [4.78, 5) is 26.3. The van der Waals surface area contributed by atoms with E-state index in [0.29, 0.717) is 11.4 Å². The minimum absolute atomic E-state index is 0.1000. The summed E-state index contributed by atoms with van der Waals surface area (Å²) < 4.78 is 0. The molecule has 0 aliphatic heterocycles. The number of aryl methyl sites for hydroxylation is 1. The van der Waals surface area contributed by atoms with Gasteiger partial charge in [0, 0.05) is 35.4 Å². The van der Waals surface area contributed by atoms with E-state index in [2.05, 4.69) is 46.1 Å². The third-order valence-electron chi connectivity index (χ3n) is 4.27. The van der Waals surface area contributed by atoms with Crippen LogP contribution in [0.3, 0.4) is 0 Å². The van der Waals surface area contributed by atoms with E-state index in [9.17, 15) is 9.59 Å². The molecule has 6 nitrogen and oxygen atoms in total. The Morgan fingerprint density at radius 2 is 1.70 bits per heavy atom. The van der Waals surface area contributed by atoms with Crippen LogP contribution in [0.4, 0.5) is 11.4 Å². The van der Waals surface area contributed by atoms with Crippen molar-refractivity contribution in [3.05, 3.63) is 59.8 Å². The Kier molecular flexibility index (Phi) is 5.88. The Morgan fingerprint density at radius 1 is 1.00 bits per heavy atom. The first kappa shape index (κ1) is 18.7. The van der Waals surface area contributed by atoms with E-state index < -0.39 is 0 Å². The Morgan fingerprint density at radius 3 is 2.41 bits per heavy atom. The topological polar surface area (TPSA) is 86.0 Å². The number of amides is 2. The molecule has 0 saturated heterocycles. The first-order chi connectivity index (χ1) is 13.0. The lowest BCUT2D eigenvalue weighted by Gasteiger charge is -2.08. The van der Waals surface area contributed by atoms with Gasteiger partial charge in [0.2, 0.25) is 11.8 Å². The molecule has 0 fully saturated rings. The van der Waals surface area contributed by atoms with Crippen LogP contribution in [-0.4, -0.2) is 29.9 Å². The number of anilines is 2. The average molecular weight is 364 g/mol. The number of fused-ring (bicyclic) bond motifs is 1. The van der Waals surface area contributed by atoms with Crippen molar-refractivity contribution in [3.63, 3.8) is 0 Å². The highest BCUT2D eigenvalue weighted by Crippen LogP contribution is 2.19. The van der Waals surface area contributed by atoms with Crippen molar-refractivity contribution in [2.24, 2.45) is 0 Å². The molecule has 0 saturated carbocycles. The monoisotopic (exact) mass is 364 g/mol. The van der Waals surface area contributed by atoms with Crippen molar-refractivity contribution in [1.82, 2.24) is 10.3 Å².